The summed E-state index contributed by atoms with van der Waals surface area (Å²) in [7, 11) is 0. The Labute approximate surface area is 74.8 Å². The Bertz CT molecular complexity index is 264. The number of pyridine rings is 1. The molecule has 1 nitrogen and oxygen atoms in total. The van der Waals surface area contributed by atoms with Crippen molar-refractivity contribution in [3.05, 3.63) is 29.1 Å². The van der Waals surface area contributed by atoms with Crippen LogP contribution < -0.4 is 0 Å². The molecule has 66 valence electrons. The van der Waals surface area contributed by atoms with E-state index in [1.807, 2.05) is 6.20 Å². The van der Waals surface area contributed by atoms with Crippen molar-refractivity contribution in [3.8, 4) is 0 Å². The Morgan fingerprint density at radius 2 is 2.08 bits per heavy atom. The number of aromatic nitrogens is 1. The third-order valence-corrected chi connectivity index (χ3v) is 2.19. The van der Waals surface area contributed by atoms with Gasteiger partial charge in [0.2, 0.25) is 0 Å². The molecule has 0 fully saturated rings. The molecule has 12 heavy (non-hydrogen) atoms. The summed E-state index contributed by atoms with van der Waals surface area (Å²) in [6.45, 7) is 8.71. The van der Waals surface area contributed by atoms with E-state index >= 15 is 0 Å². The van der Waals surface area contributed by atoms with Gasteiger partial charge in [0.05, 0.1) is 0 Å². The van der Waals surface area contributed by atoms with Crippen LogP contribution in [0.25, 0.3) is 0 Å². The lowest BCUT2D eigenvalue weighted by Gasteiger charge is -2.09. The predicted molar refractivity (Wildman–Crippen MR) is 52.4 cm³/mol. The van der Waals surface area contributed by atoms with Crippen LogP contribution in [0.15, 0.2) is 12.3 Å². The fourth-order valence-electron chi connectivity index (χ4n) is 1.42. The number of aryl methyl sites for hydroxylation is 2. The second-order valence-corrected chi connectivity index (χ2v) is 3.54. The van der Waals surface area contributed by atoms with Gasteiger partial charge in [-0.25, -0.2) is 0 Å². The monoisotopic (exact) mass is 163 g/mol. The lowest BCUT2D eigenvalue weighted by atomic mass is 10.00. The fourth-order valence-corrected chi connectivity index (χ4v) is 1.42. The first kappa shape index (κ1) is 9.24. The summed E-state index contributed by atoms with van der Waals surface area (Å²) in [6.07, 6.45) is 3.04. The van der Waals surface area contributed by atoms with E-state index in [-0.39, 0.29) is 0 Å². The summed E-state index contributed by atoms with van der Waals surface area (Å²) >= 11 is 0. The maximum atomic E-state index is 4.38. The van der Waals surface area contributed by atoms with Gasteiger partial charge in [-0.2, -0.15) is 0 Å². The largest absolute Gasteiger partial charge is 0.261 e. The van der Waals surface area contributed by atoms with Gasteiger partial charge < -0.3 is 0 Å². The van der Waals surface area contributed by atoms with E-state index in [1.165, 1.54) is 16.8 Å². The normalized spacial score (nSPS) is 10.8. The Kier molecular flexibility index (Phi) is 2.85. The SMILES string of the molecule is CCc1cc(C)c(C(C)C)cn1. The molecule has 0 aliphatic carbocycles. The second-order valence-electron chi connectivity index (χ2n) is 3.54. The summed E-state index contributed by atoms with van der Waals surface area (Å²) in [5.41, 5.74) is 3.93. The molecule has 1 aromatic rings. The number of hydrogen-bond acceptors (Lipinski definition) is 1. The molecule has 0 atom stereocenters. The van der Waals surface area contributed by atoms with Crippen LogP contribution >= 0.6 is 0 Å². The summed E-state index contributed by atoms with van der Waals surface area (Å²) in [4.78, 5) is 4.38. The quantitative estimate of drug-likeness (QED) is 0.653. The first-order valence-corrected chi connectivity index (χ1v) is 4.60. The van der Waals surface area contributed by atoms with Crippen LogP contribution in [0.4, 0.5) is 0 Å². The van der Waals surface area contributed by atoms with E-state index in [0.717, 1.165) is 6.42 Å². The minimum absolute atomic E-state index is 0.586. The lowest BCUT2D eigenvalue weighted by Crippen LogP contribution is -1.96. The standard InChI is InChI=1S/C11H17N/c1-5-10-6-9(4)11(7-12-10)8(2)3/h6-8H,5H2,1-4H3. The second kappa shape index (κ2) is 3.70. The molecule has 0 saturated carbocycles. The van der Waals surface area contributed by atoms with E-state index in [4.69, 9.17) is 0 Å². The zero-order chi connectivity index (χ0) is 9.14. The highest BCUT2D eigenvalue weighted by Crippen LogP contribution is 2.18. The number of hydrogen-bond donors (Lipinski definition) is 0. The Hall–Kier alpha value is -0.850. The smallest absolute Gasteiger partial charge is 0.0403 e. The van der Waals surface area contributed by atoms with E-state index < -0.39 is 0 Å². The van der Waals surface area contributed by atoms with Crippen LogP contribution in [0.2, 0.25) is 0 Å². The number of rotatable bonds is 2. The van der Waals surface area contributed by atoms with Gasteiger partial charge in [-0.1, -0.05) is 20.8 Å². The Morgan fingerprint density at radius 3 is 2.50 bits per heavy atom. The van der Waals surface area contributed by atoms with Gasteiger partial charge in [0.25, 0.3) is 0 Å². The molecular weight excluding hydrogens is 146 g/mol. The van der Waals surface area contributed by atoms with Crippen molar-refractivity contribution in [3.63, 3.8) is 0 Å². The Morgan fingerprint density at radius 1 is 1.42 bits per heavy atom. The van der Waals surface area contributed by atoms with E-state index in [2.05, 4.69) is 38.7 Å². The van der Waals surface area contributed by atoms with E-state index in [0.29, 0.717) is 5.92 Å². The summed E-state index contributed by atoms with van der Waals surface area (Å²) in [5.74, 6) is 0.586. The van der Waals surface area contributed by atoms with Gasteiger partial charge in [-0.15, -0.1) is 0 Å². The van der Waals surface area contributed by atoms with Crippen LogP contribution in [0.5, 0.6) is 0 Å². The van der Waals surface area contributed by atoms with Crippen molar-refractivity contribution in [2.75, 3.05) is 0 Å². The highest BCUT2D eigenvalue weighted by Gasteiger charge is 2.03. The molecule has 1 heterocycles. The van der Waals surface area contributed by atoms with Crippen molar-refractivity contribution in [2.45, 2.75) is 40.0 Å². The van der Waals surface area contributed by atoms with Crippen LogP contribution in [-0.4, -0.2) is 4.98 Å². The molecule has 0 aromatic carbocycles. The first-order chi connectivity index (χ1) is 5.65. The average Bonchev–Trinajstić information content (AvgIpc) is 2.03. The van der Waals surface area contributed by atoms with Gasteiger partial charge in [-0.05, 0) is 36.5 Å². The molecule has 0 saturated heterocycles. The summed E-state index contributed by atoms with van der Waals surface area (Å²) in [6, 6.07) is 2.19. The highest BCUT2D eigenvalue weighted by molar-refractivity contribution is 5.27. The van der Waals surface area contributed by atoms with Crippen LogP contribution in [-0.2, 0) is 6.42 Å². The minimum Gasteiger partial charge on any atom is -0.261 e. The first-order valence-electron chi connectivity index (χ1n) is 4.60. The van der Waals surface area contributed by atoms with Gasteiger partial charge in [0, 0.05) is 11.9 Å². The third-order valence-electron chi connectivity index (χ3n) is 2.19. The minimum atomic E-state index is 0.586. The van der Waals surface area contributed by atoms with Gasteiger partial charge in [0.15, 0.2) is 0 Å². The van der Waals surface area contributed by atoms with Crippen molar-refractivity contribution < 1.29 is 0 Å². The van der Waals surface area contributed by atoms with Crippen molar-refractivity contribution in [2.24, 2.45) is 0 Å². The van der Waals surface area contributed by atoms with Gasteiger partial charge >= 0.3 is 0 Å². The number of nitrogens with zero attached hydrogens (tertiary/aromatic N) is 1. The maximum Gasteiger partial charge on any atom is 0.0403 e. The molecule has 1 aromatic heterocycles. The molecule has 1 rings (SSSR count). The fraction of sp³-hybridized carbons (Fsp3) is 0.545. The van der Waals surface area contributed by atoms with Crippen LogP contribution in [0.1, 0.15) is 43.5 Å². The van der Waals surface area contributed by atoms with Crippen molar-refractivity contribution in [1.29, 1.82) is 0 Å². The van der Waals surface area contributed by atoms with E-state index in [1.54, 1.807) is 0 Å². The van der Waals surface area contributed by atoms with E-state index in [9.17, 15) is 0 Å². The lowest BCUT2D eigenvalue weighted by molar-refractivity contribution is 0.839. The predicted octanol–water partition coefficient (Wildman–Crippen LogP) is 3.08. The van der Waals surface area contributed by atoms with Crippen LogP contribution in [0, 0.1) is 6.92 Å². The van der Waals surface area contributed by atoms with Crippen molar-refractivity contribution in [1.82, 2.24) is 4.98 Å². The molecule has 0 bridgehead atoms. The maximum absolute atomic E-state index is 4.38. The molecule has 0 radical (unpaired) electrons. The molecule has 0 unspecified atom stereocenters. The molecule has 0 amide bonds. The molecular formula is C11H17N. The zero-order valence-electron chi connectivity index (χ0n) is 8.39. The van der Waals surface area contributed by atoms with Gasteiger partial charge in [-0.3, -0.25) is 4.98 Å². The highest BCUT2D eigenvalue weighted by atomic mass is 14.7. The topological polar surface area (TPSA) is 12.9 Å². The van der Waals surface area contributed by atoms with Crippen molar-refractivity contribution >= 4 is 0 Å². The molecule has 0 aliphatic heterocycles. The zero-order valence-corrected chi connectivity index (χ0v) is 8.39. The van der Waals surface area contributed by atoms with Crippen LogP contribution in [0.3, 0.4) is 0 Å². The molecule has 0 aliphatic rings. The van der Waals surface area contributed by atoms with Gasteiger partial charge in [0.1, 0.15) is 0 Å². The Balaban J connectivity index is 3.03. The third kappa shape index (κ3) is 1.84. The summed E-state index contributed by atoms with van der Waals surface area (Å²) < 4.78 is 0. The summed E-state index contributed by atoms with van der Waals surface area (Å²) in [5, 5.41) is 0. The molecule has 0 spiro atoms. The molecule has 0 N–H and O–H groups in total. The average molecular weight is 163 g/mol. The molecule has 1 heteroatoms.